The summed E-state index contributed by atoms with van der Waals surface area (Å²) in [4.78, 5) is 2.81. The van der Waals surface area contributed by atoms with Crippen molar-refractivity contribution in [3.8, 4) is 0 Å². The molecule has 0 unspecified atom stereocenters. The van der Waals surface area contributed by atoms with Crippen molar-refractivity contribution in [2.24, 2.45) is 0 Å². The molecular weight excluding hydrogens is 212 g/mol. The molecule has 0 aliphatic rings. The van der Waals surface area contributed by atoms with Gasteiger partial charge in [0.1, 0.15) is 0 Å². The van der Waals surface area contributed by atoms with Crippen LogP contribution in [0.1, 0.15) is 46.6 Å². The van der Waals surface area contributed by atoms with Crippen LogP contribution in [0.25, 0.3) is 0 Å². The van der Waals surface area contributed by atoms with Gasteiger partial charge >= 0.3 is 0 Å². The summed E-state index contributed by atoms with van der Waals surface area (Å²) in [6.45, 7) is 12.8. The molecule has 1 aromatic carbocycles. The first-order chi connectivity index (χ1) is 7.65. The molecule has 0 N–H and O–H groups in total. The Balaban J connectivity index is 0.00000106. The van der Waals surface area contributed by atoms with Gasteiger partial charge in [0.2, 0.25) is 0 Å². The Morgan fingerprint density at radius 1 is 1.12 bits per heavy atom. The van der Waals surface area contributed by atoms with Crippen LogP contribution < -0.4 is 0 Å². The predicted octanol–water partition coefficient (Wildman–Crippen LogP) is 5.82. The van der Waals surface area contributed by atoms with Gasteiger partial charge in [0.15, 0.2) is 0 Å². The van der Waals surface area contributed by atoms with Crippen LogP contribution in [-0.2, 0) is 0 Å². The summed E-state index contributed by atoms with van der Waals surface area (Å²) in [5.74, 6) is 0. The molecule has 0 aliphatic heterocycles. The standard InChI is InChI=1S/C13H18S.C2H6/c1-5-10(2)12(4)14-13-9-7-6-8-11(13)3;1-2/h6-9H,5H2,1-4H3;1-2H3. The fourth-order valence-corrected chi connectivity index (χ4v) is 2.20. The number of aryl methyl sites for hydroxylation is 1. The van der Waals surface area contributed by atoms with Crippen LogP contribution in [0.5, 0.6) is 0 Å². The molecule has 0 aliphatic carbocycles. The van der Waals surface area contributed by atoms with Crippen LogP contribution in [0.2, 0.25) is 0 Å². The number of hydrogen-bond donors (Lipinski definition) is 0. The summed E-state index contributed by atoms with van der Waals surface area (Å²) in [7, 11) is 0. The normalized spacial score (nSPS) is 11.4. The Labute approximate surface area is 105 Å². The Hall–Kier alpha value is -0.690. The number of benzene rings is 1. The average Bonchev–Trinajstić information content (AvgIpc) is 2.33. The lowest BCUT2D eigenvalue weighted by Gasteiger charge is -2.07. The van der Waals surface area contributed by atoms with E-state index in [1.165, 1.54) is 20.9 Å². The topological polar surface area (TPSA) is 0 Å². The first-order valence-corrected chi connectivity index (χ1v) is 6.86. The van der Waals surface area contributed by atoms with Gasteiger partial charge in [0.05, 0.1) is 0 Å². The molecule has 0 radical (unpaired) electrons. The monoisotopic (exact) mass is 236 g/mol. The van der Waals surface area contributed by atoms with Crippen LogP contribution in [0.3, 0.4) is 0 Å². The molecule has 0 amide bonds. The van der Waals surface area contributed by atoms with Gasteiger partial charge in [0.25, 0.3) is 0 Å². The molecule has 0 atom stereocenters. The highest BCUT2D eigenvalue weighted by Gasteiger charge is 2.00. The highest BCUT2D eigenvalue weighted by atomic mass is 32.2. The SMILES string of the molecule is CC.CCC(C)=C(C)Sc1ccccc1C. The average molecular weight is 236 g/mol. The molecule has 0 heterocycles. The van der Waals surface area contributed by atoms with Gasteiger partial charge in [-0.2, -0.15) is 0 Å². The van der Waals surface area contributed by atoms with Crippen LogP contribution in [-0.4, -0.2) is 0 Å². The highest BCUT2D eigenvalue weighted by molar-refractivity contribution is 8.03. The summed E-state index contributed by atoms with van der Waals surface area (Å²) in [6, 6.07) is 8.54. The minimum absolute atomic E-state index is 1.14. The molecule has 1 aromatic rings. The largest absolute Gasteiger partial charge is 0.0946 e. The fourth-order valence-electron chi connectivity index (χ4n) is 1.17. The second-order valence-corrected chi connectivity index (χ2v) is 4.81. The van der Waals surface area contributed by atoms with Gasteiger partial charge in [0, 0.05) is 4.90 Å². The lowest BCUT2D eigenvalue weighted by Crippen LogP contribution is -1.81. The fraction of sp³-hybridized carbons (Fsp3) is 0.467. The van der Waals surface area contributed by atoms with Gasteiger partial charge in [-0.1, -0.05) is 56.3 Å². The summed E-state index contributed by atoms with van der Waals surface area (Å²) in [5.41, 5.74) is 2.85. The van der Waals surface area contributed by atoms with Crippen molar-refractivity contribution in [1.82, 2.24) is 0 Å². The summed E-state index contributed by atoms with van der Waals surface area (Å²) >= 11 is 1.88. The third-order valence-electron chi connectivity index (χ3n) is 2.49. The number of hydrogen-bond acceptors (Lipinski definition) is 1. The second kappa shape index (κ2) is 8.46. The predicted molar refractivity (Wildman–Crippen MR) is 77.0 cm³/mol. The quantitative estimate of drug-likeness (QED) is 0.596. The third kappa shape index (κ3) is 4.89. The molecule has 0 bridgehead atoms. The molecule has 0 aromatic heterocycles. The van der Waals surface area contributed by atoms with Gasteiger partial charge in [-0.15, -0.1) is 0 Å². The molecule has 1 rings (SSSR count). The van der Waals surface area contributed by atoms with E-state index in [1.54, 1.807) is 0 Å². The molecule has 0 fully saturated rings. The van der Waals surface area contributed by atoms with Gasteiger partial charge in [-0.3, -0.25) is 0 Å². The number of rotatable bonds is 3. The Morgan fingerprint density at radius 3 is 2.19 bits per heavy atom. The maximum atomic E-state index is 2.21. The smallest absolute Gasteiger partial charge is 0.0148 e. The summed E-state index contributed by atoms with van der Waals surface area (Å²) < 4.78 is 0. The van der Waals surface area contributed by atoms with E-state index in [2.05, 4.69) is 52.0 Å². The Bertz CT molecular complexity index is 337. The lowest BCUT2D eigenvalue weighted by molar-refractivity contribution is 1.08. The second-order valence-electron chi connectivity index (χ2n) is 3.56. The maximum Gasteiger partial charge on any atom is 0.0148 e. The van der Waals surface area contributed by atoms with Crippen molar-refractivity contribution >= 4 is 11.8 Å². The van der Waals surface area contributed by atoms with E-state index in [9.17, 15) is 0 Å². The first kappa shape index (κ1) is 15.3. The number of thioether (sulfide) groups is 1. The van der Waals surface area contributed by atoms with Gasteiger partial charge in [-0.25, -0.2) is 0 Å². The zero-order valence-corrected chi connectivity index (χ0v) is 12.2. The zero-order chi connectivity index (χ0) is 12.6. The van der Waals surface area contributed by atoms with Crippen molar-refractivity contribution in [3.63, 3.8) is 0 Å². The maximum absolute atomic E-state index is 2.21. The molecule has 0 saturated heterocycles. The van der Waals surface area contributed by atoms with Crippen molar-refractivity contribution in [2.45, 2.75) is 52.9 Å². The molecule has 0 saturated carbocycles. The Morgan fingerprint density at radius 2 is 1.69 bits per heavy atom. The zero-order valence-electron chi connectivity index (χ0n) is 11.4. The van der Waals surface area contributed by atoms with E-state index in [-0.39, 0.29) is 0 Å². The van der Waals surface area contributed by atoms with Crippen LogP contribution >= 0.6 is 11.8 Å². The van der Waals surface area contributed by atoms with Crippen molar-refractivity contribution in [3.05, 3.63) is 40.3 Å². The van der Waals surface area contributed by atoms with Crippen LogP contribution in [0.4, 0.5) is 0 Å². The van der Waals surface area contributed by atoms with Crippen LogP contribution in [0.15, 0.2) is 39.6 Å². The first-order valence-electron chi connectivity index (χ1n) is 6.05. The van der Waals surface area contributed by atoms with E-state index >= 15 is 0 Å². The minimum Gasteiger partial charge on any atom is -0.0946 e. The van der Waals surface area contributed by atoms with Gasteiger partial charge < -0.3 is 0 Å². The Kier molecular flexibility index (Phi) is 8.10. The van der Waals surface area contributed by atoms with E-state index < -0.39 is 0 Å². The molecule has 0 spiro atoms. The highest BCUT2D eigenvalue weighted by Crippen LogP contribution is 2.31. The summed E-state index contributed by atoms with van der Waals surface area (Å²) in [6.07, 6.45) is 1.14. The van der Waals surface area contributed by atoms with Crippen molar-refractivity contribution < 1.29 is 0 Å². The molecule has 16 heavy (non-hydrogen) atoms. The van der Waals surface area contributed by atoms with Crippen molar-refractivity contribution in [2.75, 3.05) is 0 Å². The molecular formula is C15H24S. The minimum atomic E-state index is 1.14. The van der Waals surface area contributed by atoms with Crippen molar-refractivity contribution in [1.29, 1.82) is 0 Å². The van der Waals surface area contributed by atoms with E-state index in [0.29, 0.717) is 0 Å². The van der Waals surface area contributed by atoms with E-state index in [1.807, 2.05) is 25.6 Å². The third-order valence-corrected chi connectivity index (χ3v) is 3.82. The summed E-state index contributed by atoms with van der Waals surface area (Å²) in [5, 5.41) is 0. The lowest BCUT2D eigenvalue weighted by atomic mass is 10.2. The molecule has 1 heteroatoms. The van der Waals surface area contributed by atoms with E-state index in [0.717, 1.165) is 6.42 Å². The van der Waals surface area contributed by atoms with Gasteiger partial charge in [-0.05, 0) is 43.7 Å². The van der Waals surface area contributed by atoms with Crippen LogP contribution in [0, 0.1) is 6.92 Å². The molecule has 0 nitrogen and oxygen atoms in total. The van der Waals surface area contributed by atoms with E-state index in [4.69, 9.17) is 0 Å². The molecule has 90 valence electrons. The number of allylic oxidation sites excluding steroid dienone is 2.